The standard InChI is InChI=1S/C21H21FN4O/c1-24(2)21(27)16-6-4-8-19(10-16)25-12-17-13-26(23-20(17)14-25)11-15-5-3-7-18(22)9-15/h3-10,13H,11-12,14H2,1-2H3. The van der Waals surface area contributed by atoms with Gasteiger partial charge in [0.05, 0.1) is 18.8 Å². The molecule has 0 bridgehead atoms. The van der Waals surface area contributed by atoms with Crippen molar-refractivity contribution in [3.63, 3.8) is 0 Å². The SMILES string of the molecule is CN(C)C(=O)c1cccc(N2Cc3cn(Cc4cccc(F)c4)nc3C2)c1. The first-order valence-corrected chi connectivity index (χ1v) is 8.86. The molecular weight excluding hydrogens is 343 g/mol. The summed E-state index contributed by atoms with van der Waals surface area (Å²) in [5, 5.41) is 4.65. The van der Waals surface area contributed by atoms with E-state index in [9.17, 15) is 9.18 Å². The molecule has 0 saturated heterocycles. The molecule has 2 heterocycles. The first-order valence-electron chi connectivity index (χ1n) is 8.86. The lowest BCUT2D eigenvalue weighted by Crippen LogP contribution is -2.22. The summed E-state index contributed by atoms with van der Waals surface area (Å²) >= 11 is 0. The van der Waals surface area contributed by atoms with Gasteiger partial charge in [0.25, 0.3) is 5.91 Å². The van der Waals surface area contributed by atoms with Crippen LogP contribution in [0.3, 0.4) is 0 Å². The molecule has 0 aliphatic carbocycles. The number of nitrogens with zero attached hydrogens (tertiary/aromatic N) is 4. The fourth-order valence-electron chi connectivity index (χ4n) is 3.39. The van der Waals surface area contributed by atoms with E-state index in [1.54, 1.807) is 25.1 Å². The largest absolute Gasteiger partial charge is 0.361 e. The number of benzene rings is 2. The van der Waals surface area contributed by atoms with Gasteiger partial charge in [-0.25, -0.2) is 4.39 Å². The molecule has 1 aromatic heterocycles. The molecule has 0 saturated carbocycles. The summed E-state index contributed by atoms with van der Waals surface area (Å²) < 4.78 is 15.2. The van der Waals surface area contributed by atoms with Gasteiger partial charge >= 0.3 is 0 Å². The highest BCUT2D eigenvalue weighted by Crippen LogP contribution is 2.28. The number of anilines is 1. The van der Waals surface area contributed by atoms with Crippen LogP contribution in [0.2, 0.25) is 0 Å². The van der Waals surface area contributed by atoms with Crippen LogP contribution in [0.1, 0.15) is 27.2 Å². The highest BCUT2D eigenvalue weighted by molar-refractivity contribution is 5.94. The molecule has 6 heteroatoms. The van der Waals surface area contributed by atoms with Gasteiger partial charge < -0.3 is 9.80 Å². The van der Waals surface area contributed by atoms with E-state index >= 15 is 0 Å². The van der Waals surface area contributed by atoms with Gasteiger partial charge in [0.1, 0.15) is 5.82 Å². The quantitative estimate of drug-likeness (QED) is 0.713. The van der Waals surface area contributed by atoms with Crippen LogP contribution in [0.15, 0.2) is 54.7 Å². The van der Waals surface area contributed by atoms with Crippen molar-refractivity contribution in [3.8, 4) is 0 Å². The summed E-state index contributed by atoms with van der Waals surface area (Å²) in [5.74, 6) is -0.236. The molecular formula is C21H21FN4O. The fraction of sp³-hybridized carbons (Fsp3) is 0.238. The minimum Gasteiger partial charge on any atom is -0.361 e. The second-order valence-electron chi connectivity index (χ2n) is 7.03. The average molecular weight is 364 g/mol. The lowest BCUT2D eigenvalue weighted by Gasteiger charge is -2.19. The molecule has 3 aromatic rings. The Morgan fingerprint density at radius 1 is 1.15 bits per heavy atom. The number of hydrogen-bond donors (Lipinski definition) is 0. The summed E-state index contributed by atoms with van der Waals surface area (Å²) in [6, 6.07) is 14.3. The van der Waals surface area contributed by atoms with E-state index in [4.69, 9.17) is 0 Å². The van der Waals surface area contributed by atoms with Crippen LogP contribution in [0, 0.1) is 5.82 Å². The number of rotatable bonds is 4. The molecule has 0 N–H and O–H groups in total. The maximum atomic E-state index is 13.3. The van der Waals surface area contributed by atoms with Crippen molar-refractivity contribution in [2.24, 2.45) is 0 Å². The van der Waals surface area contributed by atoms with Gasteiger partial charge in [-0.15, -0.1) is 0 Å². The summed E-state index contributed by atoms with van der Waals surface area (Å²) in [4.78, 5) is 16.0. The summed E-state index contributed by atoms with van der Waals surface area (Å²) in [6.07, 6.45) is 2.02. The molecule has 0 radical (unpaired) electrons. The molecule has 2 aromatic carbocycles. The maximum Gasteiger partial charge on any atom is 0.253 e. The minimum atomic E-state index is -0.231. The van der Waals surface area contributed by atoms with Gasteiger partial charge in [-0.3, -0.25) is 9.48 Å². The van der Waals surface area contributed by atoms with Gasteiger partial charge in [-0.1, -0.05) is 18.2 Å². The van der Waals surface area contributed by atoms with E-state index in [0.29, 0.717) is 18.7 Å². The van der Waals surface area contributed by atoms with E-state index in [2.05, 4.69) is 10.00 Å². The van der Waals surface area contributed by atoms with Gasteiger partial charge in [-0.2, -0.15) is 5.10 Å². The van der Waals surface area contributed by atoms with Crippen LogP contribution in [0.4, 0.5) is 10.1 Å². The van der Waals surface area contributed by atoms with E-state index in [-0.39, 0.29) is 11.7 Å². The number of fused-ring (bicyclic) bond motifs is 1. The molecule has 0 atom stereocenters. The van der Waals surface area contributed by atoms with Crippen molar-refractivity contribution in [1.29, 1.82) is 0 Å². The van der Waals surface area contributed by atoms with Crippen LogP contribution in [0.25, 0.3) is 0 Å². The van der Waals surface area contributed by atoms with Crippen molar-refractivity contribution in [1.82, 2.24) is 14.7 Å². The van der Waals surface area contributed by atoms with Crippen molar-refractivity contribution < 1.29 is 9.18 Å². The second-order valence-corrected chi connectivity index (χ2v) is 7.03. The molecule has 1 amide bonds. The Morgan fingerprint density at radius 2 is 1.96 bits per heavy atom. The van der Waals surface area contributed by atoms with E-state index in [0.717, 1.165) is 29.1 Å². The lowest BCUT2D eigenvalue weighted by molar-refractivity contribution is 0.0827. The Bertz CT molecular complexity index is 972. The Labute approximate surface area is 157 Å². The van der Waals surface area contributed by atoms with Crippen molar-refractivity contribution in [2.75, 3.05) is 19.0 Å². The fourth-order valence-corrected chi connectivity index (χ4v) is 3.39. The lowest BCUT2D eigenvalue weighted by atomic mass is 10.1. The monoisotopic (exact) mass is 364 g/mol. The first kappa shape index (κ1) is 17.3. The zero-order valence-electron chi connectivity index (χ0n) is 15.4. The Kier molecular flexibility index (Phi) is 4.39. The van der Waals surface area contributed by atoms with Crippen molar-refractivity contribution in [3.05, 3.63) is 82.9 Å². The molecule has 138 valence electrons. The third-order valence-corrected chi connectivity index (χ3v) is 4.72. The number of aromatic nitrogens is 2. The van der Waals surface area contributed by atoms with Gasteiger partial charge in [0, 0.05) is 43.7 Å². The third kappa shape index (κ3) is 3.56. The third-order valence-electron chi connectivity index (χ3n) is 4.72. The predicted molar refractivity (Wildman–Crippen MR) is 102 cm³/mol. The van der Waals surface area contributed by atoms with Gasteiger partial charge in [0.2, 0.25) is 0 Å². The van der Waals surface area contributed by atoms with E-state index in [1.165, 1.54) is 12.1 Å². The Balaban J connectivity index is 1.48. The summed E-state index contributed by atoms with van der Waals surface area (Å²) in [6.45, 7) is 2.00. The van der Waals surface area contributed by atoms with Gasteiger partial charge in [0.15, 0.2) is 0 Å². The van der Waals surface area contributed by atoms with E-state index in [1.807, 2.05) is 41.2 Å². The number of halogens is 1. The Morgan fingerprint density at radius 3 is 2.70 bits per heavy atom. The highest BCUT2D eigenvalue weighted by Gasteiger charge is 2.23. The molecule has 0 unspecified atom stereocenters. The van der Waals surface area contributed by atoms with Crippen LogP contribution in [-0.2, 0) is 19.6 Å². The van der Waals surface area contributed by atoms with Crippen LogP contribution < -0.4 is 4.90 Å². The number of carbonyl (C=O) groups is 1. The zero-order valence-corrected chi connectivity index (χ0v) is 15.4. The maximum absolute atomic E-state index is 13.3. The predicted octanol–water partition coefficient (Wildman–Crippen LogP) is 3.29. The molecule has 4 rings (SSSR count). The molecule has 0 fully saturated rings. The van der Waals surface area contributed by atoms with E-state index < -0.39 is 0 Å². The average Bonchev–Trinajstić information content (AvgIpc) is 3.19. The molecule has 5 nitrogen and oxygen atoms in total. The normalized spacial score (nSPS) is 12.9. The second kappa shape index (κ2) is 6.87. The minimum absolute atomic E-state index is 0.00549. The van der Waals surface area contributed by atoms with Crippen LogP contribution in [-0.4, -0.2) is 34.7 Å². The summed E-state index contributed by atoms with van der Waals surface area (Å²) in [5.41, 5.74) is 4.77. The molecule has 1 aliphatic rings. The molecule has 1 aliphatic heterocycles. The van der Waals surface area contributed by atoms with Crippen molar-refractivity contribution >= 4 is 11.6 Å². The van der Waals surface area contributed by atoms with Crippen LogP contribution >= 0.6 is 0 Å². The Hall–Kier alpha value is -3.15. The number of hydrogen-bond acceptors (Lipinski definition) is 3. The highest BCUT2D eigenvalue weighted by atomic mass is 19.1. The summed E-state index contributed by atoms with van der Waals surface area (Å²) in [7, 11) is 3.50. The molecule has 27 heavy (non-hydrogen) atoms. The van der Waals surface area contributed by atoms with Gasteiger partial charge in [-0.05, 0) is 35.9 Å². The number of amides is 1. The first-order chi connectivity index (χ1) is 13.0. The number of carbonyl (C=O) groups excluding carboxylic acids is 1. The molecule has 0 spiro atoms. The van der Waals surface area contributed by atoms with Crippen molar-refractivity contribution in [2.45, 2.75) is 19.6 Å². The smallest absolute Gasteiger partial charge is 0.253 e. The topological polar surface area (TPSA) is 41.4 Å². The van der Waals surface area contributed by atoms with Crippen LogP contribution in [0.5, 0.6) is 0 Å². The zero-order chi connectivity index (χ0) is 19.0.